The lowest BCUT2D eigenvalue weighted by atomic mass is 10.2. The molecule has 0 aliphatic heterocycles. The average molecular weight is 323 g/mol. The second-order valence-corrected chi connectivity index (χ2v) is 5.09. The van der Waals surface area contributed by atoms with E-state index in [1.807, 2.05) is 6.92 Å². The number of nitro benzene ring substituents is 1. The third-order valence-corrected chi connectivity index (χ3v) is 3.47. The maximum atomic E-state index is 11.1. The molecule has 2 rings (SSSR count). The molecule has 0 saturated heterocycles. The average Bonchev–Trinajstić information content (AvgIpc) is 2.64. The minimum atomic E-state index is -0.431. The number of benzene rings is 1. The highest BCUT2D eigenvalue weighted by atomic mass is 79.9. The van der Waals surface area contributed by atoms with Crippen LogP contribution in [0.15, 0.2) is 28.7 Å². The first-order valence-electron chi connectivity index (χ1n) is 5.54. The summed E-state index contributed by atoms with van der Waals surface area (Å²) in [7, 11) is 0. The van der Waals surface area contributed by atoms with E-state index in [0.29, 0.717) is 21.4 Å². The van der Waals surface area contributed by atoms with E-state index in [-0.39, 0.29) is 5.69 Å². The number of rotatable bonds is 3. The van der Waals surface area contributed by atoms with Crippen molar-refractivity contribution in [2.75, 3.05) is 0 Å². The van der Waals surface area contributed by atoms with E-state index in [1.165, 1.54) is 6.07 Å². The Morgan fingerprint density at radius 3 is 2.53 bits per heavy atom. The van der Waals surface area contributed by atoms with E-state index >= 15 is 0 Å². The molecule has 1 aromatic carbocycles. The maximum Gasteiger partial charge on any atom is 0.294 e. The molecule has 0 aliphatic carbocycles. The summed E-state index contributed by atoms with van der Waals surface area (Å²) in [5, 5.41) is 11.1. The van der Waals surface area contributed by atoms with Crippen LogP contribution < -0.4 is 0 Å². The Hall–Kier alpha value is -1.95. The number of nitrogens with zero attached hydrogens (tertiary/aromatic N) is 2. The normalized spacial score (nSPS) is 10.5. The van der Waals surface area contributed by atoms with Gasteiger partial charge in [-0.15, -0.1) is 0 Å². The van der Waals surface area contributed by atoms with E-state index in [1.54, 1.807) is 29.7 Å². The van der Waals surface area contributed by atoms with Crippen molar-refractivity contribution in [1.29, 1.82) is 0 Å². The van der Waals surface area contributed by atoms with Gasteiger partial charge in [-0.05, 0) is 32.0 Å². The fraction of sp³-hybridized carbons (Fsp3) is 0.154. The van der Waals surface area contributed by atoms with Crippen LogP contribution in [0.3, 0.4) is 0 Å². The topological polar surface area (TPSA) is 65.1 Å². The summed E-state index contributed by atoms with van der Waals surface area (Å²) in [5.41, 5.74) is 2.46. The maximum absolute atomic E-state index is 11.1. The van der Waals surface area contributed by atoms with Gasteiger partial charge in [0.25, 0.3) is 5.69 Å². The second kappa shape index (κ2) is 4.97. The highest BCUT2D eigenvalue weighted by Crippen LogP contribution is 2.30. The van der Waals surface area contributed by atoms with E-state index < -0.39 is 4.92 Å². The predicted octanol–water partition coefficient (Wildman–Crippen LogP) is 3.58. The van der Waals surface area contributed by atoms with Gasteiger partial charge in [0.2, 0.25) is 0 Å². The molecule has 0 N–H and O–H groups in total. The Kier molecular flexibility index (Phi) is 3.53. The molecule has 0 unspecified atom stereocenters. The largest absolute Gasteiger partial charge is 0.312 e. The van der Waals surface area contributed by atoms with Crippen molar-refractivity contribution >= 4 is 27.9 Å². The fourth-order valence-electron chi connectivity index (χ4n) is 2.11. The molecular formula is C13H11BrN2O3. The third-order valence-electron chi connectivity index (χ3n) is 2.97. The standard InChI is InChI=1S/C13H11BrN2O3/c1-8-5-10(7-17)9(2)15(8)12-4-3-11(14)6-13(12)16(18)19/h3-7H,1-2H3. The number of carbonyl (C=O) groups excluding carboxylic acids is 1. The van der Waals surface area contributed by atoms with Crippen LogP contribution in [0.2, 0.25) is 0 Å². The van der Waals surface area contributed by atoms with Gasteiger partial charge in [-0.3, -0.25) is 14.9 Å². The molecule has 0 fully saturated rings. The summed E-state index contributed by atoms with van der Waals surface area (Å²) >= 11 is 3.22. The molecule has 1 heterocycles. The van der Waals surface area contributed by atoms with Gasteiger partial charge >= 0.3 is 0 Å². The van der Waals surface area contributed by atoms with Crippen molar-refractivity contribution in [3.05, 3.63) is 55.8 Å². The Morgan fingerprint density at radius 1 is 1.32 bits per heavy atom. The number of halogens is 1. The highest BCUT2D eigenvalue weighted by Gasteiger charge is 2.19. The molecule has 2 aromatic rings. The quantitative estimate of drug-likeness (QED) is 0.493. The zero-order chi connectivity index (χ0) is 14.2. The lowest BCUT2D eigenvalue weighted by Crippen LogP contribution is -2.03. The summed E-state index contributed by atoms with van der Waals surface area (Å²) in [6.45, 7) is 3.58. The molecule has 0 saturated carbocycles. The third kappa shape index (κ3) is 2.31. The van der Waals surface area contributed by atoms with Crippen LogP contribution in [0.1, 0.15) is 21.7 Å². The van der Waals surface area contributed by atoms with Gasteiger partial charge in [-0.1, -0.05) is 15.9 Å². The minimum Gasteiger partial charge on any atom is -0.312 e. The van der Waals surface area contributed by atoms with Gasteiger partial charge in [0.1, 0.15) is 5.69 Å². The molecular weight excluding hydrogens is 312 g/mol. The summed E-state index contributed by atoms with van der Waals surface area (Å²) in [4.78, 5) is 21.7. The molecule has 0 radical (unpaired) electrons. The number of hydrogen-bond acceptors (Lipinski definition) is 3. The van der Waals surface area contributed by atoms with Crippen LogP contribution in [-0.2, 0) is 0 Å². The minimum absolute atomic E-state index is 0.00590. The van der Waals surface area contributed by atoms with Crippen LogP contribution in [-0.4, -0.2) is 15.8 Å². The molecule has 98 valence electrons. The Labute approximate surface area is 118 Å². The molecule has 6 heteroatoms. The number of nitro groups is 1. The lowest BCUT2D eigenvalue weighted by Gasteiger charge is -2.10. The van der Waals surface area contributed by atoms with Crippen LogP contribution in [0, 0.1) is 24.0 Å². The molecule has 5 nitrogen and oxygen atoms in total. The lowest BCUT2D eigenvalue weighted by molar-refractivity contribution is -0.384. The van der Waals surface area contributed by atoms with Gasteiger partial charge in [-0.25, -0.2) is 0 Å². The monoisotopic (exact) mass is 322 g/mol. The number of aldehydes is 1. The van der Waals surface area contributed by atoms with Crippen molar-refractivity contribution < 1.29 is 9.72 Å². The highest BCUT2D eigenvalue weighted by molar-refractivity contribution is 9.10. The second-order valence-electron chi connectivity index (χ2n) is 4.17. The summed E-state index contributed by atoms with van der Waals surface area (Å²) in [6.07, 6.45) is 0.753. The van der Waals surface area contributed by atoms with Gasteiger partial charge in [0, 0.05) is 27.5 Å². The van der Waals surface area contributed by atoms with E-state index in [9.17, 15) is 14.9 Å². The first-order chi connectivity index (χ1) is 8.95. The van der Waals surface area contributed by atoms with Crippen molar-refractivity contribution in [3.63, 3.8) is 0 Å². The van der Waals surface area contributed by atoms with Gasteiger partial charge < -0.3 is 4.57 Å². The smallest absolute Gasteiger partial charge is 0.294 e. The molecule has 0 bridgehead atoms. The fourth-order valence-corrected chi connectivity index (χ4v) is 2.46. The Morgan fingerprint density at radius 2 is 2.00 bits per heavy atom. The zero-order valence-electron chi connectivity index (χ0n) is 10.4. The van der Waals surface area contributed by atoms with Gasteiger partial charge in [0.15, 0.2) is 6.29 Å². The van der Waals surface area contributed by atoms with Gasteiger partial charge in [-0.2, -0.15) is 0 Å². The van der Waals surface area contributed by atoms with Crippen molar-refractivity contribution in [1.82, 2.24) is 4.57 Å². The molecule has 19 heavy (non-hydrogen) atoms. The van der Waals surface area contributed by atoms with Crippen molar-refractivity contribution in [3.8, 4) is 5.69 Å². The van der Waals surface area contributed by atoms with Crippen molar-refractivity contribution in [2.45, 2.75) is 13.8 Å². The van der Waals surface area contributed by atoms with Crippen LogP contribution >= 0.6 is 15.9 Å². The Balaban J connectivity index is 2.75. The zero-order valence-corrected chi connectivity index (χ0v) is 12.0. The predicted molar refractivity (Wildman–Crippen MR) is 75.0 cm³/mol. The summed E-state index contributed by atoms with van der Waals surface area (Å²) in [6, 6.07) is 6.57. The Bertz CT molecular complexity index is 677. The van der Waals surface area contributed by atoms with E-state index in [4.69, 9.17) is 0 Å². The van der Waals surface area contributed by atoms with Crippen LogP contribution in [0.25, 0.3) is 5.69 Å². The van der Waals surface area contributed by atoms with Crippen molar-refractivity contribution in [2.24, 2.45) is 0 Å². The van der Waals surface area contributed by atoms with E-state index in [0.717, 1.165) is 12.0 Å². The van der Waals surface area contributed by atoms with Gasteiger partial charge in [0.05, 0.1) is 4.92 Å². The van der Waals surface area contributed by atoms with Crippen LogP contribution in [0.4, 0.5) is 5.69 Å². The number of aromatic nitrogens is 1. The summed E-state index contributed by atoms with van der Waals surface area (Å²) < 4.78 is 2.36. The molecule has 0 amide bonds. The van der Waals surface area contributed by atoms with E-state index in [2.05, 4.69) is 15.9 Å². The first-order valence-corrected chi connectivity index (χ1v) is 6.33. The molecule has 1 aromatic heterocycles. The molecule has 0 atom stereocenters. The first kappa shape index (κ1) is 13.5. The SMILES string of the molecule is Cc1cc(C=O)c(C)n1-c1ccc(Br)cc1[N+](=O)[O-]. The molecule has 0 aliphatic rings. The number of carbonyl (C=O) groups is 1. The van der Waals surface area contributed by atoms with Crippen LogP contribution in [0.5, 0.6) is 0 Å². The number of aryl methyl sites for hydroxylation is 1. The summed E-state index contributed by atoms with van der Waals surface area (Å²) in [5.74, 6) is 0. The number of hydrogen-bond donors (Lipinski definition) is 0. The molecule has 0 spiro atoms.